The van der Waals surface area contributed by atoms with E-state index in [9.17, 15) is 8.42 Å². The van der Waals surface area contributed by atoms with Crippen molar-refractivity contribution >= 4 is 15.9 Å². The van der Waals surface area contributed by atoms with Gasteiger partial charge in [0.25, 0.3) is 0 Å². The molecule has 10 heteroatoms. The molecule has 0 saturated carbocycles. The molecule has 2 aromatic rings. The monoisotopic (exact) mass is 393 g/mol. The van der Waals surface area contributed by atoms with Crippen molar-refractivity contribution in [3.8, 4) is 11.1 Å². The number of nitrogens with zero attached hydrogens (tertiary/aromatic N) is 1. The molecule has 0 aromatic heterocycles. The Bertz CT molecular complexity index is 909. The molecule has 0 saturated heterocycles. The lowest BCUT2D eigenvalue weighted by Crippen LogP contribution is -2.35. The van der Waals surface area contributed by atoms with Gasteiger partial charge in [-0.1, -0.05) is 36.4 Å². The molecule has 0 fully saturated rings. The van der Waals surface area contributed by atoms with Crippen molar-refractivity contribution in [2.24, 2.45) is 21.8 Å². The molecule has 0 aliphatic heterocycles. The van der Waals surface area contributed by atoms with Crippen molar-refractivity contribution in [1.29, 1.82) is 0 Å². The minimum Gasteiger partial charge on any atom is -0.395 e. The normalized spacial score (nSPS) is 12.5. The average Bonchev–Trinajstić information content (AvgIpc) is 2.67. The van der Waals surface area contributed by atoms with Crippen molar-refractivity contribution < 1.29 is 18.6 Å². The van der Waals surface area contributed by atoms with Crippen LogP contribution in [0, 0.1) is 0 Å². The Kier molecular flexibility index (Phi) is 6.88. The van der Waals surface area contributed by atoms with Crippen LogP contribution in [-0.4, -0.2) is 43.7 Å². The predicted molar refractivity (Wildman–Crippen MR) is 103 cm³/mol. The summed E-state index contributed by atoms with van der Waals surface area (Å²) in [4.78, 5) is -0.161. The van der Waals surface area contributed by atoms with Crippen molar-refractivity contribution in [1.82, 2.24) is 5.32 Å². The first-order valence-electron chi connectivity index (χ1n) is 8.05. The summed E-state index contributed by atoms with van der Waals surface area (Å²) in [5.74, 6) is 5.12. The Balaban J connectivity index is 2.41. The second kappa shape index (κ2) is 8.93. The highest BCUT2D eigenvalue weighted by Crippen LogP contribution is 2.28. The molecular formula is C17H23N5O4S. The van der Waals surface area contributed by atoms with Gasteiger partial charge >= 0.3 is 0 Å². The number of hydrazone groups is 1. The number of sulfonamides is 1. The van der Waals surface area contributed by atoms with Crippen LogP contribution in [0.4, 0.5) is 0 Å². The molecule has 0 amide bonds. The van der Waals surface area contributed by atoms with Crippen LogP contribution >= 0.6 is 0 Å². The Morgan fingerprint density at radius 1 is 1.11 bits per heavy atom. The SMILES string of the molecule is N/N=C(\N)c1c(-c2ccc(CNC(CO)CO)cc2)cccc1S(N)(=O)=O. The zero-order valence-corrected chi connectivity index (χ0v) is 15.4. The predicted octanol–water partition coefficient (Wildman–Crippen LogP) is -0.977. The summed E-state index contributed by atoms with van der Waals surface area (Å²) in [7, 11) is -4.03. The van der Waals surface area contributed by atoms with Gasteiger partial charge in [-0.05, 0) is 22.8 Å². The van der Waals surface area contributed by atoms with Crippen LogP contribution < -0.4 is 22.0 Å². The Morgan fingerprint density at radius 3 is 2.26 bits per heavy atom. The quantitative estimate of drug-likeness (QED) is 0.144. The summed E-state index contributed by atoms with van der Waals surface area (Å²) in [5.41, 5.74) is 8.10. The molecule has 0 atom stereocenters. The Labute approximate surface area is 157 Å². The van der Waals surface area contributed by atoms with Gasteiger partial charge in [-0.2, -0.15) is 5.10 Å². The van der Waals surface area contributed by atoms with Gasteiger partial charge in [0.1, 0.15) is 0 Å². The second-order valence-electron chi connectivity index (χ2n) is 5.88. The van der Waals surface area contributed by atoms with E-state index >= 15 is 0 Å². The van der Waals surface area contributed by atoms with Gasteiger partial charge in [0, 0.05) is 12.1 Å². The number of rotatable bonds is 8. The number of primary sulfonamides is 1. The van der Waals surface area contributed by atoms with E-state index in [0.717, 1.165) is 5.56 Å². The minimum atomic E-state index is -4.03. The topological polar surface area (TPSA) is 177 Å². The number of amidine groups is 1. The van der Waals surface area contributed by atoms with Crippen LogP contribution in [0.1, 0.15) is 11.1 Å². The third-order valence-electron chi connectivity index (χ3n) is 4.03. The maximum atomic E-state index is 11.9. The van der Waals surface area contributed by atoms with E-state index < -0.39 is 16.1 Å². The van der Waals surface area contributed by atoms with E-state index in [1.165, 1.54) is 6.07 Å². The lowest BCUT2D eigenvalue weighted by atomic mass is 9.98. The van der Waals surface area contributed by atoms with Crippen molar-refractivity contribution in [3.63, 3.8) is 0 Å². The number of nitrogens with one attached hydrogen (secondary N) is 1. The van der Waals surface area contributed by atoms with Crippen molar-refractivity contribution in [2.45, 2.75) is 17.5 Å². The van der Waals surface area contributed by atoms with Gasteiger partial charge < -0.3 is 27.1 Å². The molecule has 9 N–H and O–H groups in total. The fourth-order valence-corrected chi connectivity index (χ4v) is 3.36. The standard InChI is InChI=1S/C17H23N5O4S/c18-17(22-19)16-14(2-1-3-15(16)27(20,25)26)12-6-4-11(5-7-12)8-21-13(9-23)10-24/h1-7,13,21,23-24H,8-10,19H2,(H2,18,22)(H2,20,25,26). The lowest BCUT2D eigenvalue weighted by molar-refractivity contribution is 0.170. The van der Waals surface area contributed by atoms with Crippen LogP contribution in [0.2, 0.25) is 0 Å². The zero-order chi connectivity index (χ0) is 20.0. The largest absolute Gasteiger partial charge is 0.395 e. The summed E-state index contributed by atoms with van der Waals surface area (Å²) < 4.78 is 23.8. The maximum absolute atomic E-state index is 11.9. The fourth-order valence-electron chi connectivity index (χ4n) is 2.59. The second-order valence-corrected chi connectivity index (χ2v) is 7.41. The first-order valence-corrected chi connectivity index (χ1v) is 9.60. The average molecular weight is 393 g/mol. The van der Waals surface area contributed by atoms with Crippen LogP contribution in [0.5, 0.6) is 0 Å². The van der Waals surface area contributed by atoms with Gasteiger partial charge in [-0.25, -0.2) is 13.6 Å². The van der Waals surface area contributed by atoms with E-state index in [4.69, 9.17) is 26.9 Å². The first-order chi connectivity index (χ1) is 12.8. The van der Waals surface area contributed by atoms with Gasteiger partial charge in [-0.3, -0.25) is 0 Å². The van der Waals surface area contributed by atoms with E-state index in [-0.39, 0.29) is 29.5 Å². The van der Waals surface area contributed by atoms with E-state index in [2.05, 4.69) is 10.4 Å². The molecule has 0 heterocycles. The van der Waals surface area contributed by atoms with Crippen molar-refractivity contribution in [3.05, 3.63) is 53.6 Å². The molecule has 0 unspecified atom stereocenters. The molecule has 9 nitrogen and oxygen atoms in total. The summed E-state index contributed by atoms with van der Waals surface area (Å²) in [5, 5.41) is 29.9. The highest BCUT2D eigenvalue weighted by Gasteiger charge is 2.20. The lowest BCUT2D eigenvalue weighted by Gasteiger charge is -2.15. The summed E-state index contributed by atoms with van der Waals surface area (Å²) in [6, 6.07) is 11.4. The summed E-state index contributed by atoms with van der Waals surface area (Å²) in [6.45, 7) is 0.106. The number of benzene rings is 2. The third kappa shape index (κ3) is 5.02. The van der Waals surface area contributed by atoms with E-state index in [1.807, 2.05) is 12.1 Å². The number of hydrogen-bond acceptors (Lipinski definition) is 7. The number of aliphatic hydroxyl groups is 2. The number of nitrogens with two attached hydrogens (primary N) is 3. The highest BCUT2D eigenvalue weighted by molar-refractivity contribution is 7.89. The van der Waals surface area contributed by atoms with Gasteiger partial charge in [0.05, 0.1) is 24.2 Å². The summed E-state index contributed by atoms with van der Waals surface area (Å²) >= 11 is 0. The Hall–Kier alpha value is -2.50. The Morgan fingerprint density at radius 2 is 1.74 bits per heavy atom. The highest BCUT2D eigenvalue weighted by atomic mass is 32.2. The van der Waals surface area contributed by atoms with Crippen LogP contribution in [-0.2, 0) is 16.6 Å². The van der Waals surface area contributed by atoms with Crippen molar-refractivity contribution in [2.75, 3.05) is 13.2 Å². The minimum absolute atomic E-state index is 0.144. The smallest absolute Gasteiger partial charge is 0.238 e. The molecule has 0 spiro atoms. The van der Waals surface area contributed by atoms with Gasteiger partial charge in [-0.15, -0.1) is 0 Å². The number of hydrogen-bond donors (Lipinski definition) is 6. The van der Waals surface area contributed by atoms with E-state index in [1.54, 1.807) is 24.3 Å². The molecular weight excluding hydrogens is 370 g/mol. The van der Waals surface area contributed by atoms with E-state index in [0.29, 0.717) is 17.7 Å². The van der Waals surface area contributed by atoms with Crippen LogP contribution in [0.3, 0.4) is 0 Å². The van der Waals surface area contributed by atoms with Gasteiger partial charge in [0.2, 0.25) is 10.0 Å². The molecule has 0 aliphatic rings. The van der Waals surface area contributed by atoms with Crippen LogP contribution in [0.25, 0.3) is 11.1 Å². The zero-order valence-electron chi connectivity index (χ0n) is 14.5. The van der Waals surface area contributed by atoms with Gasteiger partial charge in [0.15, 0.2) is 5.84 Å². The molecule has 0 aliphatic carbocycles. The molecule has 146 valence electrons. The molecule has 2 aromatic carbocycles. The molecule has 2 rings (SSSR count). The maximum Gasteiger partial charge on any atom is 0.238 e. The molecule has 0 bridgehead atoms. The summed E-state index contributed by atoms with van der Waals surface area (Å²) in [6.07, 6.45) is 0. The first kappa shape index (κ1) is 20.8. The van der Waals surface area contributed by atoms with Crippen LogP contribution in [0.15, 0.2) is 52.5 Å². The number of aliphatic hydroxyl groups excluding tert-OH is 2. The third-order valence-corrected chi connectivity index (χ3v) is 4.98. The fraction of sp³-hybridized carbons (Fsp3) is 0.235. The molecule has 27 heavy (non-hydrogen) atoms. The molecule has 0 radical (unpaired) electrons.